The molecule has 0 spiro atoms. The molecule has 2 fully saturated rings. The molecule has 0 bridgehead atoms. The van der Waals surface area contributed by atoms with Gasteiger partial charge in [0.2, 0.25) is 5.91 Å². The van der Waals surface area contributed by atoms with E-state index in [0.717, 1.165) is 26.1 Å². The lowest BCUT2D eigenvalue weighted by Gasteiger charge is -2.34. The first kappa shape index (κ1) is 17.2. The van der Waals surface area contributed by atoms with Gasteiger partial charge in [-0.2, -0.15) is 0 Å². The van der Waals surface area contributed by atoms with E-state index in [1.165, 1.54) is 0 Å². The maximum atomic E-state index is 12.7. The van der Waals surface area contributed by atoms with Crippen molar-refractivity contribution in [2.75, 3.05) is 39.3 Å². The number of benzene rings is 1. The van der Waals surface area contributed by atoms with E-state index in [-0.39, 0.29) is 17.7 Å². The van der Waals surface area contributed by atoms with Crippen molar-refractivity contribution in [3.05, 3.63) is 34.9 Å². The Kier molecular flexibility index (Phi) is 5.41. The third kappa shape index (κ3) is 3.73. The smallest absolute Gasteiger partial charge is 0.253 e. The largest absolute Gasteiger partial charge is 0.341 e. The van der Waals surface area contributed by atoms with Crippen molar-refractivity contribution in [3.8, 4) is 0 Å². The molecule has 2 saturated heterocycles. The number of halogens is 1. The van der Waals surface area contributed by atoms with E-state index < -0.39 is 0 Å². The minimum Gasteiger partial charge on any atom is -0.341 e. The zero-order valence-corrected chi connectivity index (χ0v) is 14.8. The van der Waals surface area contributed by atoms with E-state index in [9.17, 15) is 9.59 Å². The van der Waals surface area contributed by atoms with Crippen LogP contribution in [0.3, 0.4) is 0 Å². The quantitative estimate of drug-likeness (QED) is 0.906. The zero-order valence-electron chi connectivity index (χ0n) is 14.0. The molecule has 2 heterocycles. The predicted molar refractivity (Wildman–Crippen MR) is 94.1 cm³/mol. The Morgan fingerprint density at radius 2 is 1.88 bits per heavy atom. The number of carbonyl (C=O) groups is 2. The lowest BCUT2D eigenvalue weighted by molar-refractivity contribution is -0.137. The Balaban J connectivity index is 1.60. The van der Waals surface area contributed by atoms with Gasteiger partial charge in [-0.3, -0.25) is 9.59 Å². The zero-order chi connectivity index (χ0) is 17.1. The van der Waals surface area contributed by atoms with Crippen molar-refractivity contribution in [2.45, 2.75) is 13.3 Å². The van der Waals surface area contributed by atoms with Crippen molar-refractivity contribution in [1.29, 1.82) is 0 Å². The van der Waals surface area contributed by atoms with Crippen molar-refractivity contribution in [2.24, 2.45) is 11.8 Å². The second-order valence-electron chi connectivity index (χ2n) is 6.69. The normalized spacial score (nSPS) is 20.2. The molecule has 1 N–H and O–H groups in total. The Labute approximate surface area is 147 Å². The maximum absolute atomic E-state index is 12.7. The van der Waals surface area contributed by atoms with Crippen molar-refractivity contribution in [3.63, 3.8) is 0 Å². The third-order valence-corrected chi connectivity index (χ3v) is 5.31. The van der Waals surface area contributed by atoms with Gasteiger partial charge in [0, 0.05) is 42.7 Å². The van der Waals surface area contributed by atoms with Crippen LogP contribution in [-0.4, -0.2) is 60.9 Å². The van der Waals surface area contributed by atoms with Crippen LogP contribution in [0.4, 0.5) is 0 Å². The molecule has 1 aromatic carbocycles. The van der Waals surface area contributed by atoms with E-state index in [4.69, 9.17) is 11.6 Å². The van der Waals surface area contributed by atoms with E-state index in [2.05, 4.69) is 5.32 Å². The summed E-state index contributed by atoms with van der Waals surface area (Å²) in [6, 6.07) is 7.03. The lowest BCUT2D eigenvalue weighted by atomic mass is 9.88. The molecule has 1 atom stereocenters. The summed E-state index contributed by atoms with van der Waals surface area (Å²) in [5.41, 5.74) is 0.608. The first-order valence-electron chi connectivity index (χ1n) is 8.60. The molecule has 130 valence electrons. The molecule has 1 unspecified atom stereocenters. The van der Waals surface area contributed by atoms with Crippen molar-refractivity contribution in [1.82, 2.24) is 15.1 Å². The summed E-state index contributed by atoms with van der Waals surface area (Å²) in [4.78, 5) is 29.0. The molecule has 2 aliphatic heterocycles. The van der Waals surface area contributed by atoms with Crippen LogP contribution < -0.4 is 5.32 Å². The summed E-state index contributed by atoms with van der Waals surface area (Å²) in [7, 11) is 0. The van der Waals surface area contributed by atoms with Crippen LogP contribution in [0.5, 0.6) is 0 Å². The van der Waals surface area contributed by atoms with Gasteiger partial charge in [0.25, 0.3) is 5.91 Å². The van der Waals surface area contributed by atoms with E-state index in [0.29, 0.717) is 36.1 Å². The fraction of sp³-hybridized carbons (Fsp3) is 0.556. The van der Waals surface area contributed by atoms with Gasteiger partial charge in [0.15, 0.2) is 0 Å². The molecular formula is C18H24ClN3O2. The van der Waals surface area contributed by atoms with Crippen molar-refractivity contribution >= 4 is 23.4 Å². The Hall–Kier alpha value is -1.59. The van der Waals surface area contributed by atoms with Crippen LogP contribution in [0.25, 0.3) is 0 Å². The van der Waals surface area contributed by atoms with E-state index >= 15 is 0 Å². The number of nitrogens with zero attached hydrogens (tertiary/aromatic N) is 2. The summed E-state index contributed by atoms with van der Waals surface area (Å²) in [6.45, 7) is 6.47. The van der Waals surface area contributed by atoms with Gasteiger partial charge in [-0.25, -0.2) is 0 Å². The van der Waals surface area contributed by atoms with Crippen molar-refractivity contribution < 1.29 is 9.59 Å². The number of amides is 2. The number of hydrogen-bond donors (Lipinski definition) is 1. The maximum Gasteiger partial charge on any atom is 0.253 e. The monoisotopic (exact) mass is 349 g/mol. The van der Waals surface area contributed by atoms with Crippen LogP contribution in [-0.2, 0) is 4.79 Å². The number of rotatable bonds is 3. The second-order valence-corrected chi connectivity index (χ2v) is 7.12. The third-order valence-electron chi connectivity index (χ3n) is 5.08. The van der Waals surface area contributed by atoms with Gasteiger partial charge >= 0.3 is 0 Å². The molecule has 0 saturated carbocycles. The minimum absolute atomic E-state index is 0.0111. The first-order valence-corrected chi connectivity index (χ1v) is 8.98. The van der Waals surface area contributed by atoms with Gasteiger partial charge < -0.3 is 15.1 Å². The van der Waals surface area contributed by atoms with Gasteiger partial charge in [-0.15, -0.1) is 0 Å². The van der Waals surface area contributed by atoms with Crippen LogP contribution >= 0.6 is 11.6 Å². The molecule has 5 nitrogen and oxygen atoms in total. The van der Waals surface area contributed by atoms with Crippen LogP contribution in [0.15, 0.2) is 24.3 Å². The van der Waals surface area contributed by atoms with Crippen LogP contribution in [0, 0.1) is 11.8 Å². The second kappa shape index (κ2) is 7.53. The number of nitrogens with one attached hydrogen (secondary N) is 1. The molecule has 6 heteroatoms. The number of hydrogen-bond acceptors (Lipinski definition) is 3. The molecule has 24 heavy (non-hydrogen) atoms. The average molecular weight is 350 g/mol. The standard InChI is InChI=1S/C18H24ClN3O2/c1-13(15-11-20-12-15)17(23)21-6-3-7-22(9-8-21)18(24)14-4-2-5-16(19)10-14/h2,4-5,10,13,15,20H,3,6-9,11-12H2,1H3. The highest BCUT2D eigenvalue weighted by atomic mass is 35.5. The minimum atomic E-state index is -0.0111. The lowest BCUT2D eigenvalue weighted by Crippen LogP contribution is -2.51. The summed E-state index contributed by atoms with van der Waals surface area (Å²) in [5.74, 6) is 0.716. The Bertz CT molecular complexity index is 618. The SMILES string of the molecule is CC(C(=O)N1CCCN(C(=O)c2cccc(Cl)c2)CC1)C1CNC1. The fourth-order valence-corrected chi connectivity index (χ4v) is 3.49. The Morgan fingerprint density at radius 3 is 2.54 bits per heavy atom. The highest BCUT2D eigenvalue weighted by molar-refractivity contribution is 6.30. The summed E-state index contributed by atoms with van der Waals surface area (Å²) in [6.07, 6.45) is 0.813. The Morgan fingerprint density at radius 1 is 1.17 bits per heavy atom. The molecular weight excluding hydrogens is 326 g/mol. The average Bonchev–Trinajstić information content (AvgIpc) is 2.77. The van der Waals surface area contributed by atoms with Crippen LogP contribution in [0.1, 0.15) is 23.7 Å². The van der Waals surface area contributed by atoms with Gasteiger partial charge in [-0.05, 0) is 43.6 Å². The highest BCUT2D eigenvalue weighted by Crippen LogP contribution is 2.20. The molecule has 3 rings (SSSR count). The molecule has 1 aromatic rings. The van der Waals surface area contributed by atoms with E-state index in [1.54, 1.807) is 24.3 Å². The first-order chi connectivity index (χ1) is 11.6. The van der Waals surface area contributed by atoms with Gasteiger partial charge in [0.05, 0.1) is 0 Å². The molecule has 0 radical (unpaired) electrons. The summed E-state index contributed by atoms with van der Waals surface area (Å²) < 4.78 is 0. The highest BCUT2D eigenvalue weighted by Gasteiger charge is 2.32. The van der Waals surface area contributed by atoms with Crippen LogP contribution in [0.2, 0.25) is 5.02 Å². The van der Waals surface area contributed by atoms with E-state index in [1.807, 2.05) is 16.7 Å². The predicted octanol–water partition coefficient (Wildman–Crippen LogP) is 1.87. The molecule has 2 amide bonds. The summed E-state index contributed by atoms with van der Waals surface area (Å²) >= 11 is 5.98. The van der Waals surface area contributed by atoms with Gasteiger partial charge in [0.1, 0.15) is 0 Å². The fourth-order valence-electron chi connectivity index (χ4n) is 3.30. The van der Waals surface area contributed by atoms with Gasteiger partial charge in [-0.1, -0.05) is 24.6 Å². The molecule has 0 aliphatic carbocycles. The molecule has 2 aliphatic rings. The summed E-state index contributed by atoms with van der Waals surface area (Å²) in [5, 5.41) is 3.79. The molecule has 0 aromatic heterocycles. The topological polar surface area (TPSA) is 52.7 Å². The number of carbonyl (C=O) groups excluding carboxylic acids is 2.